The van der Waals surface area contributed by atoms with Crippen LogP contribution in [0.5, 0.6) is 0 Å². The molecule has 20 heavy (non-hydrogen) atoms. The van der Waals surface area contributed by atoms with Crippen molar-refractivity contribution in [3.63, 3.8) is 0 Å². The van der Waals surface area contributed by atoms with Crippen LogP contribution in [0.15, 0.2) is 41.0 Å². The number of benzene rings is 1. The third-order valence-electron chi connectivity index (χ3n) is 3.01. The van der Waals surface area contributed by atoms with E-state index in [4.69, 9.17) is 9.68 Å². The average molecular weight is 264 g/mol. The standard InChI is InChI=1S/C15H12N4O/c1-19(2)14-7-10(8-16)17-15(18-14)12-9-20-13-6-4-3-5-11(12)13/h3-7,9H,1-2H3. The lowest BCUT2D eigenvalue weighted by molar-refractivity contribution is 0.616. The van der Waals surface area contributed by atoms with E-state index in [1.165, 1.54) is 0 Å². The van der Waals surface area contributed by atoms with Crippen LogP contribution in [0.3, 0.4) is 0 Å². The zero-order valence-corrected chi connectivity index (χ0v) is 11.2. The van der Waals surface area contributed by atoms with Gasteiger partial charge in [0.1, 0.15) is 29.4 Å². The highest BCUT2D eigenvalue weighted by Crippen LogP contribution is 2.29. The summed E-state index contributed by atoms with van der Waals surface area (Å²) in [5.41, 5.74) is 1.91. The fourth-order valence-corrected chi connectivity index (χ4v) is 1.99. The van der Waals surface area contributed by atoms with E-state index < -0.39 is 0 Å². The number of rotatable bonds is 2. The zero-order chi connectivity index (χ0) is 14.1. The van der Waals surface area contributed by atoms with Crippen LogP contribution >= 0.6 is 0 Å². The number of anilines is 1. The molecule has 0 radical (unpaired) electrons. The molecule has 98 valence electrons. The molecule has 0 aliphatic carbocycles. The van der Waals surface area contributed by atoms with Gasteiger partial charge in [0, 0.05) is 25.5 Å². The second kappa shape index (κ2) is 4.67. The van der Waals surface area contributed by atoms with Gasteiger partial charge in [-0.1, -0.05) is 18.2 Å². The Morgan fingerprint density at radius 1 is 1.20 bits per heavy atom. The van der Waals surface area contributed by atoms with Crippen molar-refractivity contribution < 1.29 is 4.42 Å². The monoisotopic (exact) mass is 264 g/mol. The topological polar surface area (TPSA) is 66.0 Å². The molecule has 1 aromatic carbocycles. The summed E-state index contributed by atoms with van der Waals surface area (Å²) >= 11 is 0. The number of aromatic nitrogens is 2. The molecule has 0 atom stereocenters. The predicted molar refractivity (Wildman–Crippen MR) is 76.3 cm³/mol. The molecule has 3 aromatic rings. The van der Waals surface area contributed by atoms with Gasteiger partial charge in [0.2, 0.25) is 0 Å². The van der Waals surface area contributed by atoms with E-state index in [0.717, 1.165) is 16.5 Å². The minimum absolute atomic E-state index is 0.337. The van der Waals surface area contributed by atoms with Crippen molar-refractivity contribution >= 4 is 16.8 Å². The Labute approximate surface area is 116 Å². The molecule has 0 unspecified atom stereocenters. The first-order chi connectivity index (χ1) is 9.69. The van der Waals surface area contributed by atoms with Crippen molar-refractivity contribution in [3.8, 4) is 17.5 Å². The van der Waals surface area contributed by atoms with Gasteiger partial charge in [-0.3, -0.25) is 0 Å². The van der Waals surface area contributed by atoms with Gasteiger partial charge in [0.15, 0.2) is 5.82 Å². The fourth-order valence-electron chi connectivity index (χ4n) is 1.99. The maximum absolute atomic E-state index is 9.10. The molecule has 0 aliphatic heterocycles. The summed E-state index contributed by atoms with van der Waals surface area (Å²) in [6.07, 6.45) is 1.63. The van der Waals surface area contributed by atoms with Crippen molar-refractivity contribution in [3.05, 3.63) is 42.3 Å². The van der Waals surface area contributed by atoms with E-state index >= 15 is 0 Å². The Kier molecular flexibility index (Phi) is 2.84. The summed E-state index contributed by atoms with van der Waals surface area (Å²) < 4.78 is 5.50. The molecule has 0 saturated carbocycles. The number of nitriles is 1. The maximum atomic E-state index is 9.10. The van der Waals surface area contributed by atoms with Gasteiger partial charge < -0.3 is 9.32 Å². The van der Waals surface area contributed by atoms with E-state index in [0.29, 0.717) is 17.3 Å². The van der Waals surface area contributed by atoms with Crippen molar-refractivity contribution in [2.75, 3.05) is 19.0 Å². The zero-order valence-electron chi connectivity index (χ0n) is 11.2. The Morgan fingerprint density at radius 2 is 2.00 bits per heavy atom. The molecule has 2 heterocycles. The van der Waals surface area contributed by atoms with Crippen molar-refractivity contribution in [1.29, 1.82) is 5.26 Å². The van der Waals surface area contributed by atoms with Crippen molar-refractivity contribution in [2.45, 2.75) is 0 Å². The molecular formula is C15H12N4O. The van der Waals surface area contributed by atoms with E-state index in [-0.39, 0.29) is 0 Å². The lowest BCUT2D eigenvalue weighted by Crippen LogP contribution is -2.12. The number of fused-ring (bicyclic) bond motifs is 1. The van der Waals surface area contributed by atoms with Crippen molar-refractivity contribution in [1.82, 2.24) is 9.97 Å². The Morgan fingerprint density at radius 3 is 2.75 bits per heavy atom. The van der Waals surface area contributed by atoms with E-state index in [1.807, 2.05) is 43.3 Å². The number of hydrogen-bond donors (Lipinski definition) is 0. The van der Waals surface area contributed by atoms with Gasteiger partial charge in [0.25, 0.3) is 0 Å². The minimum Gasteiger partial charge on any atom is -0.464 e. The number of furan rings is 1. The maximum Gasteiger partial charge on any atom is 0.166 e. The highest BCUT2D eigenvalue weighted by atomic mass is 16.3. The molecule has 0 N–H and O–H groups in total. The van der Waals surface area contributed by atoms with Crippen LogP contribution < -0.4 is 4.90 Å². The molecule has 0 fully saturated rings. The number of para-hydroxylation sites is 1. The first kappa shape index (κ1) is 12.2. The van der Waals surface area contributed by atoms with Gasteiger partial charge in [0.05, 0.1) is 5.56 Å². The van der Waals surface area contributed by atoms with Gasteiger partial charge in [-0.05, 0) is 6.07 Å². The van der Waals surface area contributed by atoms with Crippen LogP contribution in [0.2, 0.25) is 0 Å². The van der Waals surface area contributed by atoms with E-state index in [1.54, 1.807) is 12.3 Å². The van der Waals surface area contributed by atoms with Crippen LogP contribution in [0, 0.1) is 11.3 Å². The summed E-state index contributed by atoms with van der Waals surface area (Å²) in [4.78, 5) is 10.6. The fraction of sp³-hybridized carbons (Fsp3) is 0.133. The first-order valence-electron chi connectivity index (χ1n) is 6.12. The van der Waals surface area contributed by atoms with Gasteiger partial charge in [-0.15, -0.1) is 0 Å². The van der Waals surface area contributed by atoms with E-state index in [9.17, 15) is 0 Å². The molecule has 3 rings (SSSR count). The lowest BCUT2D eigenvalue weighted by Gasteiger charge is -2.12. The Hall–Kier alpha value is -2.87. The summed E-state index contributed by atoms with van der Waals surface area (Å²) in [5.74, 6) is 1.19. The Bertz CT molecular complexity index is 814. The van der Waals surface area contributed by atoms with E-state index in [2.05, 4.69) is 16.0 Å². The van der Waals surface area contributed by atoms with Crippen LogP contribution in [0.1, 0.15) is 5.69 Å². The molecule has 0 spiro atoms. The molecule has 0 saturated heterocycles. The molecule has 5 heteroatoms. The van der Waals surface area contributed by atoms with Crippen molar-refractivity contribution in [2.24, 2.45) is 0 Å². The molecule has 0 amide bonds. The van der Waals surface area contributed by atoms with Gasteiger partial charge in [-0.25, -0.2) is 9.97 Å². The molecule has 0 bridgehead atoms. The SMILES string of the molecule is CN(C)c1cc(C#N)nc(-c2coc3ccccc23)n1. The lowest BCUT2D eigenvalue weighted by atomic mass is 10.1. The highest BCUT2D eigenvalue weighted by molar-refractivity contribution is 5.92. The summed E-state index contributed by atoms with van der Waals surface area (Å²) in [6, 6.07) is 11.4. The molecule has 0 aliphatic rings. The number of hydrogen-bond acceptors (Lipinski definition) is 5. The van der Waals surface area contributed by atoms with Crippen LogP contribution in [0.25, 0.3) is 22.4 Å². The molecule has 5 nitrogen and oxygen atoms in total. The minimum atomic E-state index is 0.337. The van der Waals surface area contributed by atoms with Gasteiger partial charge >= 0.3 is 0 Å². The highest BCUT2D eigenvalue weighted by Gasteiger charge is 2.13. The second-order valence-electron chi connectivity index (χ2n) is 4.59. The van der Waals surface area contributed by atoms with Crippen LogP contribution in [-0.2, 0) is 0 Å². The quantitative estimate of drug-likeness (QED) is 0.712. The molecule has 2 aromatic heterocycles. The largest absolute Gasteiger partial charge is 0.464 e. The normalized spacial score (nSPS) is 10.4. The van der Waals surface area contributed by atoms with Crippen LogP contribution in [-0.4, -0.2) is 24.1 Å². The number of nitrogens with zero attached hydrogens (tertiary/aromatic N) is 4. The summed E-state index contributed by atoms with van der Waals surface area (Å²) in [6.45, 7) is 0. The third-order valence-corrected chi connectivity index (χ3v) is 3.01. The Balaban J connectivity index is 2.24. The predicted octanol–water partition coefficient (Wildman–Crippen LogP) is 2.83. The van der Waals surface area contributed by atoms with Gasteiger partial charge in [-0.2, -0.15) is 5.26 Å². The summed E-state index contributed by atoms with van der Waals surface area (Å²) in [5, 5.41) is 10.0. The smallest absolute Gasteiger partial charge is 0.166 e. The second-order valence-corrected chi connectivity index (χ2v) is 4.59. The average Bonchev–Trinajstić information content (AvgIpc) is 2.90. The molecular weight excluding hydrogens is 252 g/mol. The van der Waals surface area contributed by atoms with Crippen LogP contribution in [0.4, 0.5) is 5.82 Å². The third kappa shape index (κ3) is 1.97. The first-order valence-corrected chi connectivity index (χ1v) is 6.12. The summed E-state index contributed by atoms with van der Waals surface area (Å²) in [7, 11) is 3.75.